The number of carbonyl (C=O) groups is 4. The maximum Gasteiger partial charge on any atom is 0.303 e. The monoisotopic (exact) mass is 1150 g/mol. The summed E-state index contributed by atoms with van der Waals surface area (Å²) < 4.78 is 0. The molecule has 0 saturated carbocycles. The molecule has 0 saturated heterocycles. The lowest BCUT2D eigenvalue weighted by atomic mass is 9.80. The van der Waals surface area contributed by atoms with Crippen molar-refractivity contribution < 1.29 is 54.9 Å². The number of H-pyrrole nitrogens is 3. The van der Waals surface area contributed by atoms with Gasteiger partial charge in [0.05, 0.1) is 75.5 Å². The van der Waals surface area contributed by atoms with Gasteiger partial charge in [-0.15, -0.1) is 0 Å². The standard InChI is InChI=1S/C66H72N8O11/c1-28-39(12-16-58(78)79)49-25-50-41(14-18-60(82)83)30(3)45(69-50)24-56-65(34(7)48(72-56)22-54-62(36(9)75)32(5)46(70-54)20-43(28)67-49)66-27-57-31(4)42(15-19-61(84)85)52(73-57)26-51-40(13-17-59(80)81)29(2)44(68-51)21-53-63(37(10)76)33(6)47(71-53)23-55(74-66)64(35(66)8)38(11)77/h20-27,36-38,55,68,70,72,74-77H,12-19H2,1-11H3,(H,78,79)(H,80,81)(H,82,83)(H,84,85). The van der Waals surface area contributed by atoms with Crippen LogP contribution in [0, 0.1) is 20.8 Å². The van der Waals surface area contributed by atoms with Crippen LogP contribution >= 0.6 is 0 Å². The molecular formula is C66H72N8O11. The largest absolute Gasteiger partial charge is 0.481 e. The number of aliphatic carboxylic acids is 4. The SMILES string of the molecule is CC1=C(CCC(=O)O)C2=NC1=CC1(c3c(C)c4cc5[nH]c(cc6nc(cc7nc(cc3[nH]4)C(C)=C7CCC(=O)O)C(CCC(=O)O)=C6C)c(C)c5C(C)O)NC(C=C3N=C(C=c4[nH]c(c(CCC(=O)O)c4C)=C2)C(C(C)O)=C3C)C(C(C)O)=C1C. The van der Waals surface area contributed by atoms with E-state index in [-0.39, 0.29) is 51.4 Å². The van der Waals surface area contributed by atoms with Gasteiger partial charge in [-0.05, 0) is 223 Å². The molecule has 19 nitrogen and oxygen atoms in total. The quantitative estimate of drug-likeness (QED) is 0.0467. The molecular weight excluding hydrogens is 1080 g/mol. The number of carboxylic acids is 4. The van der Waals surface area contributed by atoms with Crippen LogP contribution in [0.4, 0.5) is 0 Å². The molecule has 10 rings (SSSR count). The Kier molecular flexibility index (Phi) is 15.9. The first kappa shape index (κ1) is 59.5. The van der Waals surface area contributed by atoms with Crippen molar-refractivity contribution >= 4 is 91.8 Å². The molecule has 4 aromatic rings. The van der Waals surface area contributed by atoms with Crippen LogP contribution in [-0.2, 0) is 31.1 Å². The number of aryl methyl sites for hydroxylation is 2. The van der Waals surface area contributed by atoms with Crippen LogP contribution in [-0.4, -0.2) is 114 Å². The highest BCUT2D eigenvalue weighted by atomic mass is 16.4. The van der Waals surface area contributed by atoms with Gasteiger partial charge < -0.3 is 50.7 Å². The summed E-state index contributed by atoms with van der Waals surface area (Å²) in [7, 11) is 0. The Morgan fingerprint density at radius 3 is 1.62 bits per heavy atom. The van der Waals surface area contributed by atoms with E-state index in [1.807, 2.05) is 97.9 Å². The van der Waals surface area contributed by atoms with Crippen LogP contribution < -0.4 is 16.0 Å². The minimum absolute atomic E-state index is 0.105. The highest BCUT2D eigenvalue weighted by Gasteiger charge is 2.47. The van der Waals surface area contributed by atoms with Crippen molar-refractivity contribution in [2.75, 3.05) is 0 Å². The summed E-state index contributed by atoms with van der Waals surface area (Å²) in [6.45, 7) is 20.4. The van der Waals surface area contributed by atoms with E-state index in [0.717, 1.165) is 27.8 Å². The molecule has 4 aromatic heterocycles. The molecule has 16 bridgehead atoms. The highest BCUT2D eigenvalue weighted by molar-refractivity contribution is 6.24. The molecule has 85 heavy (non-hydrogen) atoms. The summed E-state index contributed by atoms with van der Waals surface area (Å²) in [6, 6.07) is 6.82. The Morgan fingerprint density at radius 1 is 0.529 bits per heavy atom. The van der Waals surface area contributed by atoms with Crippen LogP contribution in [0.2, 0.25) is 0 Å². The molecule has 442 valence electrons. The molecule has 0 amide bonds. The first-order chi connectivity index (χ1) is 40.2. The zero-order valence-corrected chi connectivity index (χ0v) is 49.6. The molecule has 0 aromatic carbocycles. The van der Waals surface area contributed by atoms with Crippen molar-refractivity contribution in [2.45, 2.75) is 157 Å². The number of nitrogens with one attached hydrogen (secondary N) is 4. The number of aliphatic imine (C=N–C) groups is 2. The molecule has 6 aliphatic heterocycles. The van der Waals surface area contributed by atoms with Crippen molar-refractivity contribution in [1.82, 2.24) is 30.2 Å². The summed E-state index contributed by atoms with van der Waals surface area (Å²) in [5.74, 6) is -3.97. The molecule has 11 N–H and O–H groups in total. The summed E-state index contributed by atoms with van der Waals surface area (Å²) >= 11 is 0. The third-order valence-electron chi connectivity index (χ3n) is 17.7. The third-order valence-corrected chi connectivity index (χ3v) is 17.7. The van der Waals surface area contributed by atoms with Crippen LogP contribution in [0.15, 0.2) is 91.2 Å². The fourth-order valence-electron chi connectivity index (χ4n) is 13.3. The highest BCUT2D eigenvalue weighted by Crippen LogP contribution is 2.49. The van der Waals surface area contributed by atoms with Crippen molar-refractivity contribution in [3.8, 4) is 0 Å². The van der Waals surface area contributed by atoms with Crippen molar-refractivity contribution in [3.63, 3.8) is 0 Å². The van der Waals surface area contributed by atoms with Crippen LogP contribution in [0.1, 0.15) is 163 Å². The Balaban J connectivity index is 1.37. The van der Waals surface area contributed by atoms with Crippen LogP contribution in [0.3, 0.4) is 0 Å². The van der Waals surface area contributed by atoms with E-state index >= 15 is 0 Å². The first-order valence-electron chi connectivity index (χ1n) is 28.7. The van der Waals surface area contributed by atoms with E-state index in [2.05, 4.69) is 20.3 Å². The van der Waals surface area contributed by atoms with E-state index in [1.165, 1.54) is 0 Å². The van der Waals surface area contributed by atoms with Gasteiger partial charge in [0.25, 0.3) is 0 Å². The molecule has 6 aliphatic rings. The zero-order valence-electron chi connectivity index (χ0n) is 49.6. The minimum Gasteiger partial charge on any atom is -0.481 e. The van der Waals surface area contributed by atoms with Gasteiger partial charge in [-0.2, -0.15) is 0 Å². The number of hydrogen-bond donors (Lipinski definition) is 11. The average Bonchev–Trinajstić information content (AvgIpc) is 1.60. The van der Waals surface area contributed by atoms with Crippen molar-refractivity contribution in [1.29, 1.82) is 0 Å². The molecule has 5 atom stereocenters. The zero-order chi connectivity index (χ0) is 61.4. The number of aliphatic hydroxyl groups is 3. The number of carboxylic acid groups (broad SMARTS) is 4. The number of aromatic nitrogens is 5. The number of hydrogen-bond acceptors (Lipinski definition) is 12. The smallest absolute Gasteiger partial charge is 0.303 e. The van der Waals surface area contributed by atoms with Gasteiger partial charge in [0.2, 0.25) is 0 Å². The fourth-order valence-corrected chi connectivity index (χ4v) is 13.3. The molecule has 0 radical (unpaired) electrons. The maximum atomic E-state index is 12.4. The summed E-state index contributed by atoms with van der Waals surface area (Å²) in [5, 5.41) is 80.5. The molecule has 5 unspecified atom stereocenters. The topological polar surface area (TPSA) is 320 Å². The second-order valence-corrected chi connectivity index (χ2v) is 23.2. The average molecular weight is 1150 g/mol. The maximum absolute atomic E-state index is 12.4. The first-order valence-corrected chi connectivity index (χ1v) is 28.7. The molecule has 19 heteroatoms. The van der Waals surface area contributed by atoms with Gasteiger partial charge >= 0.3 is 23.9 Å². The van der Waals surface area contributed by atoms with Gasteiger partial charge in [0, 0.05) is 75.1 Å². The lowest BCUT2D eigenvalue weighted by Crippen LogP contribution is -2.42. The molecule has 10 heterocycles. The molecule has 0 aliphatic carbocycles. The Hall–Kier alpha value is -8.62. The Morgan fingerprint density at radius 2 is 1.06 bits per heavy atom. The van der Waals surface area contributed by atoms with E-state index in [4.69, 9.17) is 20.0 Å². The predicted octanol–water partition coefficient (Wildman–Crippen LogP) is 8.92. The second kappa shape index (κ2) is 22.8. The van der Waals surface area contributed by atoms with Crippen molar-refractivity contribution in [3.05, 3.63) is 148 Å². The Labute approximate surface area is 490 Å². The molecule has 0 fully saturated rings. The lowest BCUT2D eigenvalue weighted by molar-refractivity contribution is -0.138. The summed E-state index contributed by atoms with van der Waals surface area (Å²) in [5.41, 5.74) is 16.2. The predicted molar refractivity (Wildman–Crippen MR) is 327 cm³/mol. The number of allylic oxidation sites excluding steroid dienone is 7. The van der Waals surface area contributed by atoms with Crippen molar-refractivity contribution in [2.24, 2.45) is 9.98 Å². The van der Waals surface area contributed by atoms with Gasteiger partial charge in [0.15, 0.2) is 0 Å². The Bertz CT molecular complexity index is 4250. The number of rotatable bonds is 16. The second-order valence-electron chi connectivity index (χ2n) is 23.2. The summed E-state index contributed by atoms with van der Waals surface area (Å²) in [4.78, 5) is 80.8. The van der Waals surface area contributed by atoms with Gasteiger partial charge in [0.1, 0.15) is 0 Å². The van der Waals surface area contributed by atoms with Gasteiger partial charge in [-0.25, -0.2) is 20.0 Å². The van der Waals surface area contributed by atoms with E-state index in [9.17, 15) is 54.9 Å². The summed E-state index contributed by atoms with van der Waals surface area (Å²) in [6.07, 6.45) is 4.51. The number of aromatic amines is 3. The fraction of sp³-hybridized carbons (Fsp3) is 0.364. The van der Waals surface area contributed by atoms with E-state index in [0.29, 0.717) is 140 Å². The number of aliphatic hydroxyl groups excluding tert-OH is 3. The van der Waals surface area contributed by atoms with Gasteiger partial charge in [-0.3, -0.25) is 24.5 Å². The lowest BCUT2D eigenvalue weighted by Gasteiger charge is -2.31. The van der Waals surface area contributed by atoms with Crippen LogP contribution in [0.5, 0.6) is 0 Å². The van der Waals surface area contributed by atoms with E-state index < -0.39 is 53.8 Å². The third kappa shape index (κ3) is 10.9. The minimum atomic E-state index is -1.39. The number of fused-ring (bicyclic) bond motifs is 14. The molecule has 0 spiro atoms. The normalized spacial score (nSPS) is 19.7. The van der Waals surface area contributed by atoms with Crippen LogP contribution in [0.25, 0.3) is 56.5 Å². The van der Waals surface area contributed by atoms with Gasteiger partial charge in [-0.1, -0.05) is 0 Å². The number of nitrogens with zero attached hydrogens (tertiary/aromatic N) is 4. The van der Waals surface area contributed by atoms with E-state index in [1.54, 1.807) is 26.8 Å².